The van der Waals surface area contributed by atoms with Gasteiger partial charge in [0.1, 0.15) is 0 Å². The second-order valence-electron chi connectivity index (χ2n) is 7.80. The van der Waals surface area contributed by atoms with E-state index in [4.69, 9.17) is 4.74 Å². The summed E-state index contributed by atoms with van der Waals surface area (Å²) >= 11 is 0. The van der Waals surface area contributed by atoms with Gasteiger partial charge >= 0.3 is 0 Å². The molecule has 2 aromatic rings. The van der Waals surface area contributed by atoms with Gasteiger partial charge < -0.3 is 15.4 Å². The molecule has 2 aliphatic heterocycles. The number of rotatable bonds is 5. The van der Waals surface area contributed by atoms with E-state index in [0.29, 0.717) is 13.1 Å². The van der Waals surface area contributed by atoms with Crippen LogP contribution in [0.15, 0.2) is 42.7 Å². The molecule has 4 rings (SSSR count). The van der Waals surface area contributed by atoms with Crippen molar-refractivity contribution in [2.45, 2.75) is 24.2 Å². The molecule has 0 bridgehead atoms. The van der Waals surface area contributed by atoms with Gasteiger partial charge in [-0.2, -0.15) is 5.10 Å². The maximum absolute atomic E-state index is 13.0. The van der Waals surface area contributed by atoms with Crippen LogP contribution in [0.25, 0.3) is 0 Å². The lowest BCUT2D eigenvalue weighted by atomic mass is 9.74. The number of carbonyl (C=O) groups is 1. The first-order valence-electron chi connectivity index (χ1n) is 9.78. The van der Waals surface area contributed by atoms with Gasteiger partial charge in [0, 0.05) is 57.4 Å². The molecule has 1 aromatic carbocycles. The third-order valence-corrected chi connectivity index (χ3v) is 6.14. The lowest BCUT2D eigenvalue weighted by Gasteiger charge is -2.38. The highest BCUT2D eigenvalue weighted by atomic mass is 16.5. The van der Waals surface area contributed by atoms with Crippen LogP contribution in [0, 0.1) is 5.92 Å². The second kappa shape index (κ2) is 7.82. The summed E-state index contributed by atoms with van der Waals surface area (Å²) in [6.45, 7) is 3.69. The van der Waals surface area contributed by atoms with Crippen LogP contribution in [0.4, 0.5) is 0 Å². The van der Waals surface area contributed by atoms with E-state index in [2.05, 4.69) is 40.0 Å². The molecule has 2 fully saturated rings. The molecule has 0 unspecified atom stereocenters. The summed E-state index contributed by atoms with van der Waals surface area (Å²) in [6, 6.07) is 10.5. The number of aromatic nitrogens is 2. The third-order valence-electron chi connectivity index (χ3n) is 6.14. The predicted molar refractivity (Wildman–Crippen MR) is 103 cm³/mol. The average Bonchev–Trinajstić information content (AvgIpc) is 3.36. The molecule has 2 N–H and O–H groups in total. The fourth-order valence-electron chi connectivity index (χ4n) is 4.44. The minimum Gasteiger partial charge on any atom is -0.381 e. The van der Waals surface area contributed by atoms with E-state index in [1.165, 1.54) is 5.56 Å². The topological polar surface area (TPSA) is 68.2 Å². The van der Waals surface area contributed by atoms with Gasteiger partial charge in [-0.1, -0.05) is 30.3 Å². The van der Waals surface area contributed by atoms with Gasteiger partial charge in [0.15, 0.2) is 0 Å². The van der Waals surface area contributed by atoms with Gasteiger partial charge in [-0.15, -0.1) is 0 Å². The Morgan fingerprint density at radius 1 is 1.30 bits per heavy atom. The van der Waals surface area contributed by atoms with E-state index < -0.39 is 0 Å². The van der Waals surface area contributed by atoms with Crippen molar-refractivity contribution in [1.82, 2.24) is 20.4 Å². The fraction of sp³-hybridized carbons (Fsp3) is 0.524. The standard InChI is InChI=1S/C21H28N4O2/c1-25-14-16(11-24-25)18-12-22-13-19(18)20(26)23-15-21(7-9-27-10-8-21)17-5-3-2-4-6-17/h2-6,11,14,18-19,22H,7-10,12-13,15H2,1H3,(H,23,26)/t18-,19+/m1/s1. The van der Waals surface area contributed by atoms with Crippen LogP contribution < -0.4 is 10.6 Å². The predicted octanol–water partition coefficient (Wildman–Crippen LogP) is 1.59. The molecule has 0 aliphatic carbocycles. The lowest BCUT2D eigenvalue weighted by molar-refractivity contribution is -0.125. The van der Waals surface area contributed by atoms with Gasteiger partial charge in [0.25, 0.3) is 0 Å². The Kier molecular flexibility index (Phi) is 5.27. The second-order valence-corrected chi connectivity index (χ2v) is 7.80. The number of nitrogens with one attached hydrogen (secondary N) is 2. The third kappa shape index (κ3) is 3.77. The molecular formula is C21H28N4O2. The molecule has 1 aromatic heterocycles. The Morgan fingerprint density at radius 3 is 2.78 bits per heavy atom. The quantitative estimate of drug-likeness (QED) is 0.841. The molecule has 1 amide bonds. The highest BCUT2D eigenvalue weighted by Gasteiger charge is 2.38. The summed E-state index contributed by atoms with van der Waals surface area (Å²) in [7, 11) is 1.91. The van der Waals surface area contributed by atoms with Crippen molar-refractivity contribution in [3.8, 4) is 0 Å². The largest absolute Gasteiger partial charge is 0.381 e. The van der Waals surface area contributed by atoms with Gasteiger partial charge in [-0.25, -0.2) is 0 Å². The van der Waals surface area contributed by atoms with E-state index in [0.717, 1.165) is 38.2 Å². The fourth-order valence-corrected chi connectivity index (χ4v) is 4.44. The Labute approximate surface area is 160 Å². The zero-order valence-electron chi connectivity index (χ0n) is 15.9. The van der Waals surface area contributed by atoms with Crippen molar-refractivity contribution in [1.29, 1.82) is 0 Å². The van der Waals surface area contributed by atoms with Gasteiger partial charge in [0.2, 0.25) is 5.91 Å². The lowest BCUT2D eigenvalue weighted by Crippen LogP contribution is -2.46. The van der Waals surface area contributed by atoms with Gasteiger partial charge in [-0.05, 0) is 24.0 Å². The number of aryl methyl sites for hydroxylation is 1. The summed E-state index contributed by atoms with van der Waals surface area (Å²) in [4.78, 5) is 13.0. The highest BCUT2D eigenvalue weighted by Crippen LogP contribution is 2.35. The molecule has 27 heavy (non-hydrogen) atoms. The highest BCUT2D eigenvalue weighted by molar-refractivity contribution is 5.80. The summed E-state index contributed by atoms with van der Waals surface area (Å²) in [5.74, 6) is 0.263. The van der Waals surface area contributed by atoms with Crippen molar-refractivity contribution in [3.63, 3.8) is 0 Å². The van der Waals surface area contributed by atoms with Gasteiger partial charge in [-0.3, -0.25) is 9.48 Å². The normalized spacial score (nSPS) is 24.6. The van der Waals surface area contributed by atoms with Gasteiger partial charge in [0.05, 0.1) is 12.1 Å². The van der Waals surface area contributed by atoms with E-state index in [1.54, 1.807) is 4.68 Å². The molecular weight excluding hydrogens is 340 g/mol. The Balaban J connectivity index is 1.46. The smallest absolute Gasteiger partial charge is 0.225 e. The molecule has 144 valence electrons. The van der Waals surface area contributed by atoms with Crippen molar-refractivity contribution < 1.29 is 9.53 Å². The van der Waals surface area contributed by atoms with Crippen molar-refractivity contribution >= 4 is 5.91 Å². The maximum atomic E-state index is 13.0. The maximum Gasteiger partial charge on any atom is 0.225 e. The molecule has 6 nitrogen and oxygen atoms in total. The number of benzene rings is 1. The molecule has 2 atom stereocenters. The van der Waals surface area contributed by atoms with Crippen LogP contribution in [-0.2, 0) is 22.0 Å². The molecule has 2 aliphatic rings. The number of hydrogen-bond acceptors (Lipinski definition) is 4. The summed E-state index contributed by atoms with van der Waals surface area (Å²) in [5.41, 5.74) is 2.39. The SMILES string of the molecule is Cn1cc([C@H]2CNC[C@@H]2C(=O)NCC2(c3ccccc3)CCOCC2)cn1. The van der Waals surface area contributed by atoms with Crippen molar-refractivity contribution in [3.05, 3.63) is 53.9 Å². The van der Waals surface area contributed by atoms with Crippen molar-refractivity contribution in [2.75, 3.05) is 32.8 Å². The summed E-state index contributed by atoms with van der Waals surface area (Å²) in [6.07, 6.45) is 5.77. The number of hydrogen-bond donors (Lipinski definition) is 2. The first kappa shape index (κ1) is 18.2. The molecule has 2 saturated heterocycles. The van der Waals surface area contributed by atoms with Crippen LogP contribution in [0.3, 0.4) is 0 Å². The van der Waals surface area contributed by atoms with Crippen LogP contribution in [0.1, 0.15) is 29.9 Å². The Bertz CT molecular complexity index is 767. The number of nitrogens with zero attached hydrogens (tertiary/aromatic N) is 2. The molecule has 0 spiro atoms. The van der Waals surface area contributed by atoms with E-state index in [-0.39, 0.29) is 23.2 Å². The number of carbonyl (C=O) groups excluding carboxylic acids is 1. The van der Waals surface area contributed by atoms with Crippen molar-refractivity contribution in [2.24, 2.45) is 13.0 Å². The molecule has 0 radical (unpaired) electrons. The minimum atomic E-state index is -0.0538. The molecule has 3 heterocycles. The van der Waals surface area contributed by atoms with E-state index >= 15 is 0 Å². The molecule has 6 heteroatoms. The van der Waals surface area contributed by atoms with E-state index in [1.807, 2.05) is 25.5 Å². The van der Waals surface area contributed by atoms with Crippen LogP contribution in [0.5, 0.6) is 0 Å². The van der Waals surface area contributed by atoms with Crippen LogP contribution in [0.2, 0.25) is 0 Å². The minimum absolute atomic E-state index is 0.0367. The zero-order valence-corrected chi connectivity index (χ0v) is 15.9. The first-order valence-corrected chi connectivity index (χ1v) is 9.78. The average molecular weight is 368 g/mol. The Morgan fingerprint density at radius 2 is 2.07 bits per heavy atom. The van der Waals surface area contributed by atoms with Crippen LogP contribution in [-0.4, -0.2) is 48.5 Å². The number of ether oxygens (including phenoxy) is 1. The number of amides is 1. The Hall–Kier alpha value is -2.18. The molecule has 0 saturated carbocycles. The zero-order chi connectivity index (χ0) is 18.7. The summed E-state index contributed by atoms with van der Waals surface area (Å²) in [5, 5.41) is 10.9. The van der Waals surface area contributed by atoms with Crippen LogP contribution >= 0.6 is 0 Å². The summed E-state index contributed by atoms with van der Waals surface area (Å²) < 4.78 is 7.40. The van der Waals surface area contributed by atoms with E-state index in [9.17, 15) is 4.79 Å². The monoisotopic (exact) mass is 368 g/mol. The first-order chi connectivity index (χ1) is 13.2.